The van der Waals surface area contributed by atoms with Gasteiger partial charge >= 0.3 is 5.97 Å². The standard InChI is InChI=1S/C11H16N2O2/c1-5-13(3)10-7-6-9(8(2)12-10)11(14)15-4/h6-7H,5H2,1-4H3. The molecule has 4 nitrogen and oxygen atoms in total. The normalized spacial score (nSPS) is 9.87. The van der Waals surface area contributed by atoms with Crippen molar-refractivity contribution in [3.05, 3.63) is 23.4 Å². The summed E-state index contributed by atoms with van der Waals surface area (Å²) in [4.78, 5) is 17.7. The summed E-state index contributed by atoms with van der Waals surface area (Å²) in [5.41, 5.74) is 1.21. The van der Waals surface area contributed by atoms with Crippen molar-refractivity contribution in [3.8, 4) is 0 Å². The van der Waals surface area contributed by atoms with E-state index in [1.807, 2.05) is 24.9 Å². The number of carbonyl (C=O) groups excluding carboxylic acids is 1. The maximum absolute atomic E-state index is 11.3. The van der Waals surface area contributed by atoms with Gasteiger partial charge < -0.3 is 9.64 Å². The first-order valence-corrected chi connectivity index (χ1v) is 4.87. The Bertz CT molecular complexity index is 364. The molecule has 0 atom stereocenters. The van der Waals surface area contributed by atoms with E-state index in [1.54, 1.807) is 13.0 Å². The SMILES string of the molecule is CCN(C)c1ccc(C(=O)OC)c(C)n1. The Morgan fingerprint density at radius 3 is 2.67 bits per heavy atom. The Morgan fingerprint density at radius 2 is 2.20 bits per heavy atom. The lowest BCUT2D eigenvalue weighted by Crippen LogP contribution is -2.18. The molecule has 0 aromatic carbocycles. The van der Waals surface area contributed by atoms with Gasteiger partial charge in [0.1, 0.15) is 5.82 Å². The quantitative estimate of drug-likeness (QED) is 0.708. The topological polar surface area (TPSA) is 42.4 Å². The molecule has 4 heteroatoms. The third-order valence-corrected chi connectivity index (χ3v) is 2.34. The van der Waals surface area contributed by atoms with Crippen molar-refractivity contribution in [1.82, 2.24) is 4.98 Å². The van der Waals surface area contributed by atoms with Gasteiger partial charge in [-0.15, -0.1) is 0 Å². The molecular formula is C11H16N2O2. The van der Waals surface area contributed by atoms with Gasteiger partial charge in [-0.3, -0.25) is 0 Å². The van der Waals surface area contributed by atoms with Gasteiger partial charge in [-0.1, -0.05) is 0 Å². The van der Waals surface area contributed by atoms with E-state index in [0.29, 0.717) is 11.3 Å². The van der Waals surface area contributed by atoms with Crippen molar-refractivity contribution in [3.63, 3.8) is 0 Å². The van der Waals surface area contributed by atoms with E-state index in [4.69, 9.17) is 0 Å². The molecule has 0 aliphatic carbocycles. The molecule has 15 heavy (non-hydrogen) atoms. The van der Waals surface area contributed by atoms with Crippen LogP contribution in [0.1, 0.15) is 23.0 Å². The average molecular weight is 208 g/mol. The molecule has 0 saturated carbocycles. The molecule has 0 aliphatic rings. The van der Waals surface area contributed by atoms with Crippen molar-refractivity contribution in [2.24, 2.45) is 0 Å². The fourth-order valence-corrected chi connectivity index (χ4v) is 1.25. The van der Waals surface area contributed by atoms with Crippen molar-refractivity contribution < 1.29 is 9.53 Å². The minimum Gasteiger partial charge on any atom is -0.465 e. The lowest BCUT2D eigenvalue weighted by atomic mass is 10.2. The van der Waals surface area contributed by atoms with E-state index in [-0.39, 0.29) is 5.97 Å². The van der Waals surface area contributed by atoms with Crippen LogP contribution in [0, 0.1) is 6.92 Å². The van der Waals surface area contributed by atoms with Gasteiger partial charge in [0.05, 0.1) is 18.4 Å². The number of nitrogens with zero attached hydrogens (tertiary/aromatic N) is 2. The Balaban J connectivity index is 3.03. The highest BCUT2D eigenvalue weighted by Crippen LogP contribution is 2.14. The lowest BCUT2D eigenvalue weighted by molar-refractivity contribution is 0.0599. The summed E-state index contributed by atoms with van der Waals surface area (Å²) in [5, 5.41) is 0. The predicted molar refractivity (Wildman–Crippen MR) is 59.3 cm³/mol. The molecule has 0 amide bonds. The molecule has 0 N–H and O–H groups in total. The molecule has 0 radical (unpaired) electrons. The summed E-state index contributed by atoms with van der Waals surface area (Å²) in [6, 6.07) is 3.57. The monoisotopic (exact) mass is 208 g/mol. The van der Waals surface area contributed by atoms with Gasteiger partial charge in [-0.25, -0.2) is 9.78 Å². The van der Waals surface area contributed by atoms with Crippen molar-refractivity contribution in [1.29, 1.82) is 0 Å². The van der Waals surface area contributed by atoms with Crippen LogP contribution in [-0.2, 0) is 4.74 Å². The van der Waals surface area contributed by atoms with Crippen LogP contribution in [-0.4, -0.2) is 31.7 Å². The molecule has 0 unspecified atom stereocenters. The summed E-state index contributed by atoms with van der Waals surface area (Å²) in [7, 11) is 3.33. The molecule has 0 aliphatic heterocycles. The van der Waals surface area contributed by atoms with Gasteiger partial charge in [0.15, 0.2) is 0 Å². The first-order valence-electron chi connectivity index (χ1n) is 4.87. The zero-order valence-electron chi connectivity index (χ0n) is 9.57. The first-order chi connectivity index (χ1) is 7.10. The number of anilines is 1. The molecule has 1 rings (SSSR count). The molecule has 1 heterocycles. The van der Waals surface area contributed by atoms with Crippen molar-refractivity contribution in [2.45, 2.75) is 13.8 Å². The Labute approximate surface area is 89.9 Å². The van der Waals surface area contributed by atoms with Crippen LogP contribution in [0.2, 0.25) is 0 Å². The number of aryl methyl sites for hydroxylation is 1. The minimum atomic E-state index is -0.342. The molecule has 0 bridgehead atoms. The zero-order chi connectivity index (χ0) is 11.4. The van der Waals surface area contributed by atoms with E-state index in [9.17, 15) is 4.79 Å². The molecule has 0 saturated heterocycles. The van der Waals surface area contributed by atoms with Crippen LogP contribution in [0.4, 0.5) is 5.82 Å². The Morgan fingerprint density at radius 1 is 1.53 bits per heavy atom. The largest absolute Gasteiger partial charge is 0.465 e. The number of aromatic nitrogens is 1. The maximum Gasteiger partial charge on any atom is 0.339 e. The van der Waals surface area contributed by atoms with Crippen LogP contribution in [0.5, 0.6) is 0 Å². The van der Waals surface area contributed by atoms with E-state index in [1.165, 1.54) is 7.11 Å². The zero-order valence-corrected chi connectivity index (χ0v) is 9.57. The van der Waals surface area contributed by atoms with E-state index in [2.05, 4.69) is 9.72 Å². The smallest absolute Gasteiger partial charge is 0.339 e. The number of esters is 1. The molecule has 82 valence electrons. The van der Waals surface area contributed by atoms with Crippen LogP contribution in [0.3, 0.4) is 0 Å². The second kappa shape index (κ2) is 4.77. The first kappa shape index (κ1) is 11.5. The number of hydrogen-bond acceptors (Lipinski definition) is 4. The third-order valence-electron chi connectivity index (χ3n) is 2.34. The highest BCUT2D eigenvalue weighted by atomic mass is 16.5. The molecule has 0 spiro atoms. The fourth-order valence-electron chi connectivity index (χ4n) is 1.25. The number of pyridine rings is 1. The number of methoxy groups -OCH3 is 1. The summed E-state index contributed by atoms with van der Waals surface area (Å²) in [6.45, 7) is 4.73. The van der Waals surface area contributed by atoms with Gasteiger partial charge in [0, 0.05) is 13.6 Å². The lowest BCUT2D eigenvalue weighted by Gasteiger charge is -2.16. The number of carbonyl (C=O) groups is 1. The third kappa shape index (κ3) is 2.46. The molecular weight excluding hydrogens is 192 g/mol. The highest BCUT2D eigenvalue weighted by Gasteiger charge is 2.11. The van der Waals surface area contributed by atoms with Crippen LogP contribution in [0.25, 0.3) is 0 Å². The summed E-state index contributed by atoms with van der Waals surface area (Å²) < 4.78 is 4.65. The number of ether oxygens (including phenoxy) is 1. The fraction of sp³-hybridized carbons (Fsp3) is 0.455. The molecule has 0 fully saturated rings. The molecule has 1 aromatic heterocycles. The Hall–Kier alpha value is -1.58. The van der Waals surface area contributed by atoms with E-state index >= 15 is 0 Å². The van der Waals surface area contributed by atoms with Gasteiger partial charge in [-0.2, -0.15) is 0 Å². The maximum atomic E-state index is 11.3. The van der Waals surface area contributed by atoms with E-state index in [0.717, 1.165) is 12.4 Å². The highest BCUT2D eigenvalue weighted by molar-refractivity contribution is 5.90. The van der Waals surface area contributed by atoms with Gasteiger partial charge in [0.25, 0.3) is 0 Å². The minimum absolute atomic E-state index is 0.342. The van der Waals surface area contributed by atoms with Crippen LogP contribution < -0.4 is 4.90 Å². The van der Waals surface area contributed by atoms with Gasteiger partial charge in [-0.05, 0) is 26.0 Å². The number of hydrogen-bond donors (Lipinski definition) is 0. The van der Waals surface area contributed by atoms with Crippen molar-refractivity contribution in [2.75, 3.05) is 25.6 Å². The summed E-state index contributed by atoms with van der Waals surface area (Å²) >= 11 is 0. The van der Waals surface area contributed by atoms with E-state index < -0.39 is 0 Å². The number of rotatable bonds is 3. The second-order valence-corrected chi connectivity index (χ2v) is 3.31. The molecule has 1 aromatic rings. The van der Waals surface area contributed by atoms with Crippen molar-refractivity contribution >= 4 is 11.8 Å². The van der Waals surface area contributed by atoms with Crippen LogP contribution in [0.15, 0.2) is 12.1 Å². The van der Waals surface area contributed by atoms with Gasteiger partial charge in [0.2, 0.25) is 0 Å². The second-order valence-electron chi connectivity index (χ2n) is 3.31. The summed E-state index contributed by atoms with van der Waals surface area (Å²) in [5.74, 6) is 0.522. The van der Waals surface area contributed by atoms with Crippen LogP contribution >= 0.6 is 0 Å². The average Bonchev–Trinajstić information content (AvgIpc) is 2.26. The summed E-state index contributed by atoms with van der Waals surface area (Å²) in [6.07, 6.45) is 0. The Kier molecular flexibility index (Phi) is 3.66. The predicted octanol–water partition coefficient (Wildman–Crippen LogP) is 1.63.